The van der Waals surface area contributed by atoms with Crippen LogP contribution >= 0.6 is 0 Å². The van der Waals surface area contributed by atoms with Crippen molar-refractivity contribution in [2.75, 3.05) is 6.61 Å². The molecule has 0 bridgehead atoms. The Labute approximate surface area is 82.3 Å². The predicted molar refractivity (Wildman–Crippen MR) is 46.3 cm³/mol. The molecule has 2 atom stereocenters. The maximum atomic E-state index is 11.2. The van der Waals surface area contributed by atoms with Gasteiger partial charge in [-0.15, -0.1) is 0 Å². The Kier molecular flexibility index (Phi) is 3.88. The van der Waals surface area contributed by atoms with Crippen LogP contribution in [0, 0.1) is 0 Å². The normalized spacial score (nSPS) is 25.9. The summed E-state index contributed by atoms with van der Waals surface area (Å²) in [6.45, 7) is 3.37. The van der Waals surface area contributed by atoms with E-state index in [-0.39, 0.29) is 5.97 Å². The van der Waals surface area contributed by atoms with Crippen LogP contribution in [0.2, 0.25) is 0 Å². The predicted octanol–water partition coefficient (Wildman–Crippen LogP) is 0.618. The van der Waals surface area contributed by atoms with Crippen LogP contribution in [0.25, 0.3) is 0 Å². The van der Waals surface area contributed by atoms with Crippen molar-refractivity contribution >= 4 is 11.9 Å². The van der Waals surface area contributed by atoms with Gasteiger partial charge in [0.15, 0.2) is 6.10 Å². The number of ether oxygens (including phenoxy) is 3. The van der Waals surface area contributed by atoms with Crippen LogP contribution in [0.1, 0.15) is 26.7 Å². The van der Waals surface area contributed by atoms with Gasteiger partial charge in [-0.25, -0.2) is 4.79 Å². The quantitative estimate of drug-likeness (QED) is 0.628. The molecule has 0 spiro atoms. The van der Waals surface area contributed by atoms with Crippen molar-refractivity contribution in [2.45, 2.75) is 39.1 Å². The van der Waals surface area contributed by atoms with E-state index >= 15 is 0 Å². The summed E-state index contributed by atoms with van der Waals surface area (Å²) in [5.41, 5.74) is 0. The first-order chi connectivity index (χ1) is 6.63. The minimum Gasteiger partial charge on any atom is -0.464 e. The highest BCUT2D eigenvalue weighted by molar-refractivity contribution is 5.75. The fourth-order valence-corrected chi connectivity index (χ4v) is 1.29. The summed E-state index contributed by atoms with van der Waals surface area (Å²) in [7, 11) is 0. The average molecular weight is 202 g/mol. The fraction of sp³-hybridized carbons (Fsp3) is 0.778. The zero-order chi connectivity index (χ0) is 10.6. The van der Waals surface area contributed by atoms with E-state index in [1.54, 1.807) is 6.92 Å². The van der Waals surface area contributed by atoms with E-state index in [2.05, 4.69) is 0 Å². The third-order valence-corrected chi connectivity index (χ3v) is 1.83. The molecule has 5 heteroatoms. The van der Waals surface area contributed by atoms with Gasteiger partial charge in [-0.05, 0) is 13.3 Å². The van der Waals surface area contributed by atoms with Crippen LogP contribution in [-0.4, -0.2) is 30.9 Å². The number of esters is 2. The molecule has 0 aromatic rings. The second-order valence-corrected chi connectivity index (χ2v) is 2.99. The van der Waals surface area contributed by atoms with Crippen LogP contribution in [0.3, 0.4) is 0 Å². The first-order valence-electron chi connectivity index (χ1n) is 4.62. The molecular weight excluding hydrogens is 188 g/mol. The largest absolute Gasteiger partial charge is 0.464 e. The van der Waals surface area contributed by atoms with Crippen LogP contribution in [-0.2, 0) is 23.8 Å². The van der Waals surface area contributed by atoms with Gasteiger partial charge in [0.2, 0.25) is 6.29 Å². The van der Waals surface area contributed by atoms with E-state index in [4.69, 9.17) is 14.2 Å². The minimum atomic E-state index is -0.595. The third kappa shape index (κ3) is 2.99. The zero-order valence-corrected chi connectivity index (χ0v) is 8.32. The van der Waals surface area contributed by atoms with Gasteiger partial charge in [0.25, 0.3) is 0 Å². The molecule has 0 N–H and O–H groups in total. The van der Waals surface area contributed by atoms with Gasteiger partial charge in [0.1, 0.15) is 0 Å². The molecule has 1 aliphatic heterocycles. The van der Waals surface area contributed by atoms with Gasteiger partial charge < -0.3 is 14.2 Å². The van der Waals surface area contributed by atoms with E-state index < -0.39 is 18.4 Å². The molecule has 1 heterocycles. The first-order valence-corrected chi connectivity index (χ1v) is 4.62. The van der Waals surface area contributed by atoms with Gasteiger partial charge in [0, 0.05) is 13.3 Å². The van der Waals surface area contributed by atoms with Crippen molar-refractivity contribution in [1.82, 2.24) is 0 Å². The van der Waals surface area contributed by atoms with Gasteiger partial charge in [-0.3, -0.25) is 4.79 Å². The van der Waals surface area contributed by atoms with E-state index in [0.717, 1.165) is 0 Å². The van der Waals surface area contributed by atoms with Crippen molar-refractivity contribution in [1.29, 1.82) is 0 Å². The molecule has 2 unspecified atom stereocenters. The Morgan fingerprint density at radius 2 is 2.14 bits per heavy atom. The smallest absolute Gasteiger partial charge is 0.335 e. The summed E-state index contributed by atoms with van der Waals surface area (Å²) in [6, 6.07) is 0. The van der Waals surface area contributed by atoms with E-state index in [9.17, 15) is 9.59 Å². The van der Waals surface area contributed by atoms with Crippen molar-refractivity contribution in [3.05, 3.63) is 0 Å². The number of hydrogen-bond donors (Lipinski definition) is 0. The lowest BCUT2D eigenvalue weighted by Gasteiger charge is -2.12. The molecule has 1 rings (SSSR count). The Morgan fingerprint density at radius 3 is 2.71 bits per heavy atom. The Balaban J connectivity index is 2.33. The zero-order valence-electron chi connectivity index (χ0n) is 8.32. The summed E-state index contributed by atoms with van der Waals surface area (Å²) in [6.07, 6.45) is -0.0963. The van der Waals surface area contributed by atoms with E-state index in [0.29, 0.717) is 19.4 Å². The highest BCUT2D eigenvalue weighted by Crippen LogP contribution is 2.21. The maximum Gasteiger partial charge on any atom is 0.335 e. The van der Waals surface area contributed by atoms with Gasteiger partial charge in [-0.2, -0.15) is 0 Å². The van der Waals surface area contributed by atoms with Crippen LogP contribution in [0.15, 0.2) is 0 Å². The lowest BCUT2D eigenvalue weighted by Crippen LogP contribution is -2.25. The SMILES string of the molecule is CCOC(=O)C1CCC(OC(C)=O)O1. The summed E-state index contributed by atoms with van der Waals surface area (Å²) in [5.74, 6) is -0.790. The van der Waals surface area contributed by atoms with Crippen LogP contribution in [0.4, 0.5) is 0 Å². The molecule has 0 saturated carbocycles. The molecule has 0 radical (unpaired) electrons. The van der Waals surface area contributed by atoms with Crippen molar-refractivity contribution in [2.24, 2.45) is 0 Å². The summed E-state index contributed by atoms with van der Waals surface area (Å²) >= 11 is 0. The van der Waals surface area contributed by atoms with Gasteiger partial charge in [0.05, 0.1) is 6.61 Å². The molecule has 0 aromatic heterocycles. The molecule has 14 heavy (non-hydrogen) atoms. The maximum absolute atomic E-state index is 11.2. The average Bonchev–Trinajstić information content (AvgIpc) is 2.52. The number of carbonyl (C=O) groups is 2. The highest BCUT2D eigenvalue weighted by Gasteiger charge is 2.33. The van der Waals surface area contributed by atoms with E-state index in [1.807, 2.05) is 0 Å². The fourth-order valence-electron chi connectivity index (χ4n) is 1.29. The molecule has 5 nitrogen and oxygen atoms in total. The molecule has 0 amide bonds. The molecule has 1 fully saturated rings. The van der Waals surface area contributed by atoms with Crippen LogP contribution in [0.5, 0.6) is 0 Å². The molecule has 0 aliphatic carbocycles. The van der Waals surface area contributed by atoms with Crippen LogP contribution < -0.4 is 0 Å². The summed E-state index contributed by atoms with van der Waals surface area (Å²) in [5, 5.41) is 0. The third-order valence-electron chi connectivity index (χ3n) is 1.83. The number of rotatable bonds is 3. The molecule has 0 aromatic carbocycles. The second kappa shape index (κ2) is 4.95. The lowest BCUT2D eigenvalue weighted by molar-refractivity contribution is -0.183. The second-order valence-electron chi connectivity index (χ2n) is 2.99. The van der Waals surface area contributed by atoms with Gasteiger partial charge in [-0.1, -0.05) is 0 Å². The lowest BCUT2D eigenvalue weighted by atomic mass is 10.2. The molecular formula is C9H14O5. The summed E-state index contributed by atoms with van der Waals surface area (Å²) < 4.78 is 14.7. The first kappa shape index (κ1) is 11.0. The molecule has 1 aliphatic rings. The van der Waals surface area contributed by atoms with Crippen molar-refractivity contribution < 1.29 is 23.8 Å². The molecule has 80 valence electrons. The monoisotopic (exact) mass is 202 g/mol. The Morgan fingerprint density at radius 1 is 1.43 bits per heavy atom. The summed E-state index contributed by atoms with van der Waals surface area (Å²) in [4.78, 5) is 21.8. The Bertz CT molecular complexity index is 225. The van der Waals surface area contributed by atoms with E-state index in [1.165, 1.54) is 6.92 Å². The number of carbonyl (C=O) groups excluding carboxylic acids is 2. The minimum absolute atomic E-state index is 0.330. The Hall–Kier alpha value is -1.10. The van der Waals surface area contributed by atoms with Gasteiger partial charge >= 0.3 is 11.9 Å². The topological polar surface area (TPSA) is 61.8 Å². The number of hydrogen-bond acceptors (Lipinski definition) is 5. The standard InChI is InChI=1S/C9H14O5/c1-3-12-9(11)7-4-5-8(14-7)13-6(2)10/h7-8H,3-5H2,1-2H3. The van der Waals surface area contributed by atoms with Crippen molar-refractivity contribution in [3.63, 3.8) is 0 Å². The van der Waals surface area contributed by atoms with Crippen molar-refractivity contribution in [3.8, 4) is 0 Å². The highest BCUT2D eigenvalue weighted by atomic mass is 16.7. The molecule has 1 saturated heterocycles.